The van der Waals surface area contributed by atoms with Gasteiger partial charge >= 0.3 is 0 Å². The molecule has 1 aliphatic rings. The number of furan rings is 1. The number of piperazine rings is 1. The summed E-state index contributed by atoms with van der Waals surface area (Å²) in [5.74, 6) is 0.368. The third-order valence-electron chi connectivity index (χ3n) is 4.96. The molecule has 1 saturated heterocycles. The van der Waals surface area contributed by atoms with Gasteiger partial charge in [0.25, 0.3) is 5.91 Å². The fourth-order valence-electron chi connectivity index (χ4n) is 3.41. The van der Waals surface area contributed by atoms with E-state index in [1.165, 1.54) is 6.07 Å². The second-order valence-electron chi connectivity index (χ2n) is 6.94. The number of nitrogens with zero attached hydrogens (tertiary/aromatic N) is 2. The minimum absolute atomic E-state index is 0.161. The summed E-state index contributed by atoms with van der Waals surface area (Å²) in [5, 5.41) is 0.519. The summed E-state index contributed by atoms with van der Waals surface area (Å²) in [7, 11) is -1.32. The molecule has 0 radical (unpaired) electrons. The minimum Gasteiger partial charge on any atom is -0.455 e. The highest BCUT2D eigenvalue weighted by Gasteiger charge is 2.25. The number of benzene rings is 2. The molecule has 0 bridgehead atoms. The molecular weight excluding hydrogens is 427 g/mol. The number of halogens is 2. The van der Waals surface area contributed by atoms with Crippen molar-refractivity contribution in [3.63, 3.8) is 0 Å². The molecule has 1 unspecified atom stereocenters. The third kappa shape index (κ3) is 4.57. The fraction of sp³-hybridized carbons (Fsp3) is 0.227. The van der Waals surface area contributed by atoms with Crippen LogP contribution >= 0.6 is 11.6 Å². The van der Waals surface area contributed by atoms with Gasteiger partial charge in [0.2, 0.25) is 0 Å². The zero-order valence-corrected chi connectivity index (χ0v) is 17.7. The monoisotopic (exact) mass is 446 g/mol. The Bertz CT molecular complexity index is 1080. The summed E-state index contributed by atoms with van der Waals surface area (Å²) in [6.07, 6.45) is 0. The van der Waals surface area contributed by atoms with Gasteiger partial charge < -0.3 is 14.2 Å². The van der Waals surface area contributed by atoms with E-state index < -0.39 is 10.8 Å². The van der Waals surface area contributed by atoms with Gasteiger partial charge in [0.15, 0.2) is 5.76 Å². The van der Waals surface area contributed by atoms with Gasteiger partial charge in [-0.05, 0) is 42.5 Å². The highest BCUT2D eigenvalue weighted by molar-refractivity contribution is 7.84. The van der Waals surface area contributed by atoms with Crippen LogP contribution in [0.5, 0.6) is 0 Å². The Balaban J connectivity index is 1.36. The number of rotatable bonds is 5. The van der Waals surface area contributed by atoms with Crippen LogP contribution in [0.4, 0.5) is 10.1 Å². The van der Waals surface area contributed by atoms with Crippen LogP contribution in [0.2, 0.25) is 5.02 Å². The van der Waals surface area contributed by atoms with Crippen LogP contribution in [0.1, 0.15) is 16.3 Å². The molecule has 8 heteroatoms. The smallest absolute Gasteiger partial charge is 0.289 e. The van der Waals surface area contributed by atoms with Crippen molar-refractivity contribution in [2.45, 2.75) is 10.6 Å². The van der Waals surface area contributed by atoms with Gasteiger partial charge in [-0.15, -0.1) is 0 Å². The minimum atomic E-state index is -1.32. The molecule has 1 atom stereocenters. The number of carbonyl (C=O) groups excluding carboxylic acids is 1. The molecule has 0 N–H and O–H groups in total. The largest absolute Gasteiger partial charge is 0.455 e. The lowest BCUT2D eigenvalue weighted by Crippen LogP contribution is -2.49. The van der Waals surface area contributed by atoms with Crippen molar-refractivity contribution in [3.8, 4) is 0 Å². The van der Waals surface area contributed by atoms with Gasteiger partial charge in [0.05, 0.1) is 22.2 Å². The Morgan fingerprint density at radius 2 is 1.80 bits per heavy atom. The molecule has 1 fully saturated rings. The SMILES string of the molecule is O=C(c1ccc(CS(=O)c2cccc(Cl)c2)o1)N1CCN(c2ccccc2F)CC1. The fourth-order valence-corrected chi connectivity index (χ4v) is 4.73. The molecule has 1 aliphatic heterocycles. The van der Waals surface area contributed by atoms with Crippen molar-refractivity contribution in [3.05, 3.63) is 83.0 Å². The van der Waals surface area contributed by atoms with Crippen LogP contribution in [0.3, 0.4) is 0 Å². The van der Waals surface area contributed by atoms with E-state index in [1.54, 1.807) is 59.5 Å². The molecule has 2 aromatic carbocycles. The number of amides is 1. The summed E-state index contributed by atoms with van der Waals surface area (Å²) in [5.41, 5.74) is 0.549. The summed E-state index contributed by atoms with van der Waals surface area (Å²) in [6, 6.07) is 16.8. The lowest BCUT2D eigenvalue weighted by Gasteiger charge is -2.35. The average Bonchev–Trinajstić information content (AvgIpc) is 3.22. The van der Waals surface area contributed by atoms with Crippen molar-refractivity contribution >= 4 is 34.0 Å². The molecule has 1 aromatic heterocycles. The maximum absolute atomic E-state index is 14.0. The number of para-hydroxylation sites is 1. The van der Waals surface area contributed by atoms with Gasteiger partial charge in [-0.2, -0.15) is 0 Å². The number of hydrogen-bond donors (Lipinski definition) is 0. The number of anilines is 1. The van der Waals surface area contributed by atoms with E-state index in [9.17, 15) is 13.4 Å². The van der Waals surface area contributed by atoms with Crippen molar-refractivity contribution in [1.29, 1.82) is 0 Å². The molecule has 30 heavy (non-hydrogen) atoms. The molecule has 0 saturated carbocycles. The quantitative estimate of drug-likeness (QED) is 0.585. The van der Waals surface area contributed by atoms with Gasteiger partial charge in [-0.3, -0.25) is 9.00 Å². The summed E-state index contributed by atoms with van der Waals surface area (Å²) >= 11 is 5.95. The molecule has 2 heterocycles. The van der Waals surface area contributed by atoms with Crippen LogP contribution in [0.15, 0.2) is 70.0 Å². The van der Waals surface area contributed by atoms with Crippen LogP contribution in [-0.4, -0.2) is 41.2 Å². The van der Waals surface area contributed by atoms with Crippen molar-refractivity contribution in [2.75, 3.05) is 31.1 Å². The molecule has 4 rings (SSSR count). The third-order valence-corrected chi connectivity index (χ3v) is 6.53. The first kappa shape index (κ1) is 20.6. The molecule has 3 aromatic rings. The second-order valence-corrected chi connectivity index (χ2v) is 8.83. The molecular formula is C22H20ClFN2O3S. The zero-order chi connectivity index (χ0) is 21.1. The first-order valence-corrected chi connectivity index (χ1v) is 11.2. The van der Waals surface area contributed by atoms with E-state index in [-0.39, 0.29) is 23.2 Å². The second kappa shape index (κ2) is 9.02. The van der Waals surface area contributed by atoms with Crippen LogP contribution in [0, 0.1) is 5.82 Å². The van der Waals surface area contributed by atoms with E-state index in [2.05, 4.69) is 0 Å². The van der Waals surface area contributed by atoms with Crippen LogP contribution in [-0.2, 0) is 16.6 Å². The predicted molar refractivity (Wildman–Crippen MR) is 115 cm³/mol. The van der Waals surface area contributed by atoms with Gasteiger partial charge in [-0.25, -0.2) is 4.39 Å². The van der Waals surface area contributed by atoms with E-state index in [1.807, 2.05) is 4.90 Å². The molecule has 0 aliphatic carbocycles. The van der Waals surface area contributed by atoms with E-state index in [0.717, 1.165) is 0 Å². The van der Waals surface area contributed by atoms with Crippen molar-refractivity contribution in [2.24, 2.45) is 0 Å². The van der Waals surface area contributed by atoms with Crippen molar-refractivity contribution < 1.29 is 17.8 Å². The maximum atomic E-state index is 14.0. The first-order valence-electron chi connectivity index (χ1n) is 9.52. The number of hydrogen-bond acceptors (Lipinski definition) is 4. The molecule has 0 spiro atoms. The Labute approximate surface area is 181 Å². The summed E-state index contributed by atoms with van der Waals surface area (Å²) in [4.78, 5) is 17.0. The summed E-state index contributed by atoms with van der Waals surface area (Å²) < 4.78 is 32.1. The lowest BCUT2D eigenvalue weighted by molar-refractivity contribution is 0.0713. The van der Waals surface area contributed by atoms with Crippen LogP contribution in [0.25, 0.3) is 0 Å². The Morgan fingerprint density at radius 1 is 1.03 bits per heavy atom. The van der Waals surface area contributed by atoms with Gasteiger partial charge in [-0.1, -0.05) is 29.8 Å². The van der Waals surface area contributed by atoms with E-state index >= 15 is 0 Å². The Hall–Kier alpha value is -2.64. The maximum Gasteiger partial charge on any atom is 0.289 e. The van der Waals surface area contributed by atoms with Crippen molar-refractivity contribution in [1.82, 2.24) is 4.90 Å². The number of carbonyl (C=O) groups is 1. The predicted octanol–water partition coefficient (Wildman–Crippen LogP) is 4.34. The molecule has 5 nitrogen and oxygen atoms in total. The van der Waals surface area contributed by atoms with E-state index in [4.69, 9.17) is 16.0 Å². The zero-order valence-electron chi connectivity index (χ0n) is 16.1. The first-order chi connectivity index (χ1) is 14.5. The Kier molecular flexibility index (Phi) is 6.20. The normalized spacial score (nSPS) is 15.3. The summed E-state index contributed by atoms with van der Waals surface area (Å²) in [6.45, 7) is 2.02. The van der Waals surface area contributed by atoms with Crippen LogP contribution < -0.4 is 4.90 Å². The highest BCUT2D eigenvalue weighted by atomic mass is 35.5. The van der Waals surface area contributed by atoms with E-state index in [0.29, 0.717) is 47.5 Å². The highest BCUT2D eigenvalue weighted by Crippen LogP contribution is 2.22. The van der Waals surface area contributed by atoms with Gasteiger partial charge in [0, 0.05) is 36.1 Å². The topological polar surface area (TPSA) is 53.8 Å². The molecule has 1 amide bonds. The standard InChI is InChI=1S/C22H20ClFN2O3S/c23-16-4-3-5-18(14-16)30(28)15-17-8-9-21(29-17)22(27)26-12-10-25(11-13-26)20-7-2-1-6-19(20)24/h1-9,14H,10-13,15H2. The average molecular weight is 447 g/mol. The lowest BCUT2D eigenvalue weighted by atomic mass is 10.2. The van der Waals surface area contributed by atoms with Gasteiger partial charge in [0.1, 0.15) is 11.6 Å². The molecule has 156 valence electrons. The Morgan fingerprint density at radius 3 is 2.53 bits per heavy atom.